The Bertz CT molecular complexity index is 220. The van der Waals surface area contributed by atoms with Crippen LogP contribution in [0, 0.1) is 0 Å². The van der Waals surface area contributed by atoms with Crippen LogP contribution in [0.25, 0.3) is 0 Å². The highest BCUT2D eigenvalue weighted by molar-refractivity contribution is 4.59. The van der Waals surface area contributed by atoms with Crippen molar-refractivity contribution < 1.29 is 9.13 Å². The largest absolute Gasteiger partial charge is 0.377 e. The maximum atomic E-state index is 12.1. The van der Waals surface area contributed by atoms with E-state index in [2.05, 4.69) is 18.7 Å². The molecule has 2 nitrogen and oxygen atoms in total. The molecule has 0 rings (SSSR count). The van der Waals surface area contributed by atoms with Crippen LogP contribution >= 0.6 is 0 Å². The highest BCUT2D eigenvalue weighted by Crippen LogP contribution is 2.10. The van der Waals surface area contributed by atoms with Crippen LogP contribution in [0.1, 0.15) is 104 Å². The van der Waals surface area contributed by atoms with Crippen LogP contribution in [0.4, 0.5) is 4.39 Å². The fourth-order valence-electron chi connectivity index (χ4n) is 3.27. The molecule has 0 radical (unpaired) electrons. The van der Waals surface area contributed by atoms with Crippen LogP contribution in [0.15, 0.2) is 0 Å². The molecule has 3 heteroatoms. The van der Waals surface area contributed by atoms with Gasteiger partial charge in [-0.05, 0) is 25.9 Å². The summed E-state index contributed by atoms with van der Waals surface area (Å²) in [4.78, 5) is 2.54. The number of hydrogen-bond acceptors (Lipinski definition) is 2. The van der Waals surface area contributed by atoms with Crippen LogP contribution in [0.5, 0.6) is 0 Å². The Balaban J connectivity index is 3.71. The van der Waals surface area contributed by atoms with Gasteiger partial charge in [0.2, 0.25) is 0 Å². The van der Waals surface area contributed by atoms with Gasteiger partial charge in [0.15, 0.2) is 0 Å². The maximum Gasteiger partial charge on any atom is 0.113 e. The highest BCUT2D eigenvalue weighted by Gasteiger charge is 2.05. The Morgan fingerprint density at radius 3 is 1.44 bits per heavy atom. The molecule has 0 aromatic rings. The van der Waals surface area contributed by atoms with Crippen molar-refractivity contribution in [3.63, 3.8) is 0 Å². The summed E-state index contributed by atoms with van der Waals surface area (Å²) in [5.41, 5.74) is 0. The summed E-state index contributed by atoms with van der Waals surface area (Å²) < 4.78 is 17.5. The van der Waals surface area contributed by atoms with E-state index in [4.69, 9.17) is 4.74 Å². The quantitative estimate of drug-likeness (QED) is 0.210. The molecule has 0 aromatic heterocycles. The Kier molecular flexibility index (Phi) is 21.8. The number of ether oxygens (including phenoxy) is 1. The Hall–Kier alpha value is -0.150. The third-order valence-corrected chi connectivity index (χ3v) is 4.93. The van der Waals surface area contributed by atoms with Gasteiger partial charge < -0.3 is 9.64 Å². The van der Waals surface area contributed by atoms with Gasteiger partial charge in [-0.25, -0.2) is 4.39 Å². The van der Waals surface area contributed by atoms with Gasteiger partial charge in [0.05, 0.1) is 13.2 Å². The molecule has 0 aromatic carbocycles. The molecule has 0 saturated heterocycles. The zero-order chi connectivity index (χ0) is 18.4. The number of nitrogens with zero attached hydrogens (tertiary/aromatic N) is 1. The lowest BCUT2D eigenvalue weighted by molar-refractivity contribution is 0.0918. The minimum absolute atomic E-state index is 0.253. The van der Waals surface area contributed by atoms with Crippen LogP contribution < -0.4 is 0 Å². The molecule has 0 aliphatic heterocycles. The average molecular weight is 360 g/mol. The van der Waals surface area contributed by atoms with Crippen molar-refractivity contribution in [2.24, 2.45) is 0 Å². The van der Waals surface area contributed by atoms with E-state index in [1.807, 2.05) is 0 Å². The SMILES string of the molecule is CCCCCCCCCN(CCCCCCCCC)CCOCCF. The molecule has 0 aliphatic carbocycles. The molecule has 0 aliphatic rings. The number of halogens is 1. The third-order valence-electron chi connectivity index (χ3n) is 4.93. The minimum Gasteiger partial charge on any atom is -0.377 e. The van der Waals surface area contributed by atoms with E-state index < -0.39 is 0 Å². The molecule has 0 spiro atoms. The summed E-state index contributed by atoms with van der Waals surface area (Å²) in [5, 5.41) is 0. The van der Waals surface area contributed by atoms with Crippen molar-refractivity contribution in [3.05, 3.63) is 0 Å². The highest BCUT2D eigenvalue weighted by atomic mass is 19.1. The monoisotopic (exact) mass is 359 g/mol. The number of hydrogen-bond donors (Lipinski definition) is 0. The predicted octanol–water partition coefficient (Wildman–Crippen LogP) is 6.78. The van der Waals surface area contributed by atoms with Crippen molar-refractivity contribution in [1.82, 2.24) is 4.90 Å². The summed E-state index contributed by atoms with van der Waals surface area (Å²) in [7, 11) is 0. The molecule has 0 N–H and O–H groups in total. The van der Waals surface area contributed by atoms with Crippen molar-refractivity contribution >= 4 is 0 Å². The van der Waals surface area contributed by atoms with Gasteiger partial charge in [-0.15, -0.1) is 0 Å². The lowest BCUT2D eigenvalue weighted by atomic mass is 10.1. The second-order valence-corrected chi connectivity index (χ2v) is 7.39. The maximum absolute atomic E-state index is 12.1. The Labute approximate surface area is 157 Å². The van der Waals surface area contributed by atoms with E-state index in [1.165, 1.54) is 103 Å². The zero-order valence-electron chi connectivity index (χ0n) is 17.4. The van der Waals surface area contributed by atoms with Gasteiger partial charge in [-0.2, -0.15) is 0 Å². The summed E-state index contributed by atoms with van der Waals surface area (Å²) >= 11 is 0. The Morgan fingerprint density at radius 1 is 0.560 bits per heavy atom. The summed E-state index contributed by atoms with van der Waals surface area (Å²) in [5.74, 6) is 0. The molecular weight excluding hydrogens is 313 g/mol. The fourth-order valence-corrected chi connectivity index (χ4v) is 3.27. The van der Waals surface area contributed by atoms with Crippen molar-refractivity contribution in [2.75, 3.05) is 39.5 Å². The van der Waals surface area contributed by atoms with Crippen molar-refractivity contribution in [3.8, 4) is 0 Å². The molecule has 0 fully saturated rings. The van der Waals surface area contributed by atoms with E-state index in [0.717, 1.165) is 6.54 Å². The van der Waals surface area contributed by atoms with Crippen LogP contribution in [-0.4, -0.2) is 44.4 Å². The first-order valence-corrected chi connectivity index (χ1v) is 11.2. The predicted molar refractivity (Wildman–Crippen MR) is 109 cm³/mol. The normalized spacial score (nSPS) is 11.5. The third kappa shape index (κ3) is 20.0. The van der Waals surface area contributed by atoms with Crippen LogP contribution in [-0.2, 0) is 4.74 Å². The number of rotatable bonds is 21. The summed E-state index contributed by atoms with van der Waals surface area (Å²) in [6, 6.07) is 0. The van der Waals surface area contributed by atoms with Crippen molar-refractivity contribution in [1.29, 1.82) is 0 Å². The second kappa shape index (κ2) is 21.9. The van der Waals surface area contributed by atoms with Gasteiger partial charge in [-0.1, -0.05) is 90.9 Å². The first kappa shape index (κ1) is 24.8. The number of unbranched alkanes of at least 4 members (excludes halogenated alkanes) is 12. The molecule has 0 unspecified atom stereocenters. The smallest absolute Gasteiger partial charge is 0.113 e. The zero-order valence-corrected chi connectivity index (χ0v) is 17.4. The van der Waals surface area contributed by atoms with E-state index in [9.17, 15) is 4.39 Å². The first-order valence-electron chi connectivity index (χ1n) is 11.2. The van der Waals surface area contributed by atoms with E-state index >= 15 is 0 Å². The molecule has 0 amide bonds. The van der Waals surface area contributed by atoms with Gasteiger partial charge in [-0.3, -0.25) is 0 Å². The lowest BCUT2D eigenvalue weighted by Crippen LogP contribution is -2.30. The summed E-state index contributed by atoms with van der Waals surface area (Å²) in [6.07, 6.45) is 19.1. The first-order chi connectivity index (χ1) is 12.3. The number of alkyl halides is 1. The molecule has 25 heavy (non-hydrogen) atoms. The second-order valence-electron chi connectivity index (χ2n) is 7.39. The lowest BCUT2D eigenvalue weighted by Gasteiger charge is -2.22. The standard InChI is InChI=1S/C22H46FNO/c1-3-5-7-9-11-13-15-18-24(20-22-25-21-17-23)19-16-14-12-10-8-6-4-2/h3-22H2,1-2H3. The van der Waals surface area contributed by atoms with Gasteiger partial charge in [0, 0.05) is 6.54 Å². The van der Waals surface area contributed by atoms with E-state index in [1.54, 1.807) is 0 Å². The molecule has 0 saturated carbocycles. The molecule has 0 bridgehead atoms. The fraction of sp³-hybridized carbons (Fsp3) is 1.00. The van der Waals surface area contributed by atoms with Crippen molar-refractivity contribution in [2.45, 2.75) is 104 Å². The van der Waals surface area contributed by atoms with Crippen LogP contribution in [0.3, 0.4) is 0 Å². The van der Waals surface area contributed by atoms with Gasteiger partial charge in [0.25, 0.3) is 0 Å². The molecular formula is C22H46FNO. The van der Waals surface area contributed by atoms with Gasteiger partial charge in [0.1, 0.15) is 6.67 Å². The van der Waals surface area contributed by atoms with Gasteiger partial charge >= 0.3 is 0 Å². The average Bonchev–Trinajstić information content (AvgIpc) is 2.63. The van der Waals surface area contributed by atoms with Crippen LogP contribution in [0.2, 0.25) is 0 Å². The van der Waals surface area contributed by atoms with E-state index in [-0.39, 0.29) is 13.3 Å². The Morgan fingerprint density at radius 2 is 1.00 bits per heavy atom. The minimum atomic E-state index is -0.366. The summed E-state index contributed by atoms with van der Waals surface area (Å²) in [6.45, 7) is 8.44. The van der Waals surface area contributed by atoms with E-state index in [0.29, 0.717) is 6.61 Å². The topological polar surface area (TPSA) is 12.5 Å². The molecule has 152 valence electrons. The molecule has 0 heterocycles. The molecule has 0 atom stereocenters.